The zero-order valence-electron chi connectivity index (χ0n) is 10.6. The van der Waals surface area contributed by atoms with Crippen molar-refractivity contribution in [2.45, 2.75) is 6.92 Å². The first-order valence-electron chi connectivity index (χ1n) is 5.77. The highest BCUT2D eigenvalue weighted by Gasteiger charge is 2.15. The molecule has 1 aromatic heterocycles. The quantitative estimate of drug-likeness (QED) is 0.918. The lowest BCUT2D eigenvalue weighted by atomic mass is 10.2. The lowest BCUT2D eigenvalue weighted by Crippen LogP contribution is -2.03. The van der Waals surface area contributed by atoms with E-state index in [2.05, 4.69) is 9.97 Å². The van der Waals surface area contributed by atoms with Crippen molar-refractivity contribution < 1.29 is 13.9 Å². The Morgan fingerprint density at radius 2 is 2.10 bits per heavy atom. The highest BCUT2D eigenvalue weighted by Crippen LogP contribution is 2.32. The summed E-state index contributed by atoms with van der Waals surface area (Å²) in [6.07, 6.45) is 1.21. The maximum absolute atomic E-state index is 13.5. The van der Waals surface area contributed by atoms with Crippen LogP contribution < -0.4 is 15.2 Å². The van der Waals surface area contributed by atoms with Crippen LogP contribution in [0.25, 0.3) is 0 Å². The smallest absolute Gasteiger partial charge is 0.249 e. The molecule has 0 unspecified atom stereocenters. The molecule has 7 heteroatoms. The van der Waals surface area contributed by atoms with Gasteiger partial charge in [-0.1, -0.05) is 6.07 Å². The summed E-state index contributed by atoms with van der Waals surface area (Å²) in [5, 5.41) is 8.93. The Morgan fingerprint density at radius 3 is 2.80 bits per heavy atom. The van der Waals surface area contributed by atoms with Crippen molar-refractivity contribution in [3.8, 4) is 23.6 Å². The number of hydrogen-bond acceptors (Lipinski definition) is 6. The first-order chi connectivity index (χ1) is 9.67. The summed E-state index contributed by atoms with van der Waals surface area (Å²) >= 11 is 0. The summed E-state index contributed by atoms with van der Waals surface area (Å²) in [7, 11) is 0. The van der Waals surface area contributed by atoms with E-state index in [0.717, 1.165) is 0 Å². The molecule has 102 valence electrons. The van der Waals surface area contributed by atoms with E-state index in [1.54, 1.807) is 13.0 Å². The third-order valence-electron chi connectivity index (χ3n) is 2.39. The van der Waals surface area contributed by atoms with Crippen molar-refractivity contribution in [2.24, 2.45) is 0 Å². The van der Waals surface area contributed by atoms with Crippen LogP contribution in [0.2, 0.25) is 0 Å². The van der Waals surface area contributed by atoms with Crippen LogP contribution in [-0.2, 0) is 0 Å². The minimum atomic E-state index is -0.678. The van der Waals surface area contributed by atoms with E-state index in [1.165, 1.54) is 24.5 Å². The van der Waals surface area contributed by atoms with Crippen LogP contribution in [0.3, 0.4) is 0 Å². The molecule has 1 heterocycles. The second-order valence-electron chi connectivity index (χ2n) is 3.66. The predicted molar refractivity (Wildman–Crippen MR) is 68.8 cm³/mol. The molecule has 0 spiro atoms. The minimum Gasteiger partial charge on any atom is -0.476 e. The third-order valence-corrected chi connectivity index (χ3v) is 2.39. The Hall–Kier alpha value is -2.88. The van der Waals surface area contributed by atoms with Gasteiger partial charge >= 0.3 is 0 Å². The normalized spacial score (nSPS) is 9.85. The predicted octanol–water partition coefficient (Wildman–Crippen LogP) is 2.26. The fraction of sp³-hybridized carbons (Fsp3) is 0.154. The fourth-order valence-corrected chi connectivity index (χ4v) is 1.50. The topological polar surface area (TPSA) is 94.0 Å². The Bertz CT molecular complexity index is 670. The Balaban J connectivity index is 2.39. The number of benzene rings is 1. The average Bonchev–Trinajstić information content (AvgIpc) is 2.44. The van der Waals surface area contributed by atoms with Gasteiger partial charge in [0.1, 0.15) is 29.5 Å². The summed E-state index contributed by atoms with van der Waals surface area (Å²) < 4.78 is 24.0. The second kappa shape index (κ2) is 5.84. The Morgan fingerprint density at radius 1 is 1.35 bits per heavy atom. The van der Waals surface area contributed by atoms with Crippen LogP contribution in [0.4, 0.5) is 10.1 Å². The molecule has 0 aliphatic carbocycles. The summed E-state index contributed by atoms with van der Waals surface area (Å²) in [5.74, 6) is -0.471. The highest BCUT2D eigenvalue weighted by molar-refractivity contribution is 5.58. The van der Waals surface area contributed by atoms with Crippen molar-refractivity contribution in [1.82, 2.24) is 9.97 Å². The number of aromatic nitrogens is 2. The molecule has 1 aromatic carbocycles. The van der Waals surface area contributed by atoms with Gasteiger partial charge in [-0.15, -0.1) is 0 Å². The summed E-state index contributed by atoms with van der Waals surface area (Å²) in [6.45, 7) is 2.16. The lowest BCUT2D eigenvalue weighted by molar-refractivity contribution is 0.325. The van der Waals surface area contributed by atoms with Crippen molar-refractivity contribution in [3.63, 3.8) is 0 Å². The second-order valence-corrected chi connectivity index (χ2v) is 3.66. The molecule has 0 bridgehead atoms. The molecule has 20 heavy (non-hydrogen) atoms. The number of ether oxygens (including phenoxy) is 2. The van der Waals surface area contributed by atoms with E-state index >= 15 is 0 Å². The standard InChI is InChI=1S/C13H11FN4O2/c1-2-19-12-11(16)13(18-7-17-12)20-10-5-3-4-9(14)8(10)6-15/h3-5,7H,2,16H2,1H3. The van der Waals surface area contributed by atoms with Crippen molar-refractivity contribution in [3.05, 3.63) is 35.9 Å². The van der Waals surface area contributed by atoms with E-state index in [9.17, 15) is 4.39 Å². The zero-order chi connectivity index (χ0) is 14.5. The third kappa shape index (κ3) is 2.59. The SMILES string of the molecule is CCOc1ncnc(Oc2cccc(F)c2C#N)c1N. The molecule has 0 aliphatic rings. The maximum Gasteiger partial charge on any atom is 0.249 e. The number of halogens is 1. The number of nitrogens with zero attached hydrogens (tertiary/aromatic N) is 3. The van der Waals surface area contributed by atoms with Gasteiger partial charge in [-0.05, 0) is 19.1 Å². The monoisotopic (exact) mass is 274 g/mol. The molecule has 0 aliphatic heterocycles. The van der Waals surface area contributed by atoms with Crippen molar-refractivity contribution in [1.29, 1.82) is 5.26 Å². The Kier molecular flexibility index (Phi) is 3.96. The van der Waals surface area contributed by atoms with Crippen LogP contribution >= 0.6 is 0 Å². The van der Waals surface area contributed by atoms with E-state index < -0.39 is 5.82 Å². The molecule has 0 saturated heterocycles. The lowest BCUT2D eigenvalue weighted by Gasteiger charge is -2.11. The van der Waals surface area contributed by atoms with Crippen LogP contribution in [0.5, 0.6) is 17.5 Å². The van der Waals surface area contributed by atoms with Gasteiger partial charge in [-0.2, -0.15) is 15.2 Å². The van der Waals surface area contributed by atoms with E-state index in [1.807, 2.05) is 0 Å². The van der Waals surface area contributed by atoms with Crippen LogP contribution in [0.15, 0.2) is 24.5 Å². The van der Waals surface area contributed by atoms with Gasteiger partial charge in [0.2, 0.25) is 11.8 Å². The molecular weight excluding hydrogens is 263 g/mol. The van der Waals surface area contributed by atoms with E-state index in [4.69, 9.17) is 20.5 Å². The highest BCUT2D eigenvalue weighted by atomic mass is 19.1. The van der Waals surface area contributed by atoms with Crippen molar-refractivity contribution in [2.75, 3.05) is 12.3 Å². The summed E-state index contributed by atoms with van der Waals surface area (Å²) in [5.41, 5.74) is 5.66. The van der Waals surface area contributed by atoms with Gasteiger partial charge in [-0.3, -0.25) is 0 Å². The van der Waals surface area contributed by atoms with Crippen molar-refractivity contribution >= 4 is 5.69 Å². The van der Waals surface area contributed by atoms with E-state index in [-0.39, 0.29) is 28.8 Å². The van der Waals surface area contributed by atoms with Gasteiger partial charge in [0.15, 0.2) is 5.69 Å². The maximum atomic E-state index is 13.5. The summed E-state index contributed by atoms with van der Waals surface area (Å²) in [4.78, 5) is 7.70. The summed E-state index contributed by atoms with van der Waals surface area (Å²) in [6, 6.07) is 5.77. The molecule has 2 aromatic rings. The molecule has 0 saturated carbocycles. The number of rotatable bonds is 4. The number of nitrogens with two attached hydrogens (primary N) is 1. The van der Waals surface area contributed by atoms with Crippen LogP contribution in [0.1, 0.15) is 12.5 Å². The van der Waals surface area contributed by atoms with Gasteiger partial charge in [0.25, 0.3) is 0 Å². The largest absolute Gasteiger partial charge is 0.476 e. The van der Waals surface area contributed by atoms with Crippen LogP contribution in [-0.4, -0.2) is 16.6 Å². The zero-order valence-corrected chi connectivity index (χ0v) is 10.6. The molecule has 0 atom stereocenters. The molecular formula is C13H11FN4O2. The van der Waals surface area contributed by atoms with Gasteiger partial charge in [-0.25, -0.2) is 4.39 Å². The average molecular weight is 274 g/mol. The number of anilines is 1. The fourth-order valence-electron chi connectivity index (χ4n) is 1.50. The molecule has 0 radical (unpaired) electrons. The van der Waals surface area contributed by atoms with E-state index in [0.29, 0.717) is 6.61 Å². The number of nitrogen functional groups attached to an aromatic ring is 1. The first kappa shape index (κ1) is 13.5. The van der Waals surface area contributed by atoms with Gasteiger partial charge < -0.3 is 15.2 Å². The molecule has 0 fully saturated rings. The molecule has 2 rings (SSSR count). The minimum absolute atomic E-state index is 0.00514. The van der Waals surface area contributed by atoms with Gasteiger partial charge in [0.05, 0.1) is 6.61 Å². The Labute approximate surface area is 114 Å². The molecule has 6 nitrogen and oxygen atoms in total. The van der Waals surface area contributed by atoms with Crippen LogP contribution in [0, 0.1) is 17.1 Å². The first-order valence-corrected chi connectivity index (χ1v) is 5.77. The molecule has 2 N–H and O–H groups in total. The molecule has 0 amide bonds. The van der Waals surface area contributed by atoms with Gasteiger partial charge in [0, 0.05) is 0 Å². The number of nitriles is 1. The number of hydrogen-bond donors (Lipinski definition) is 1.